The molecule has 10 nitrogen and oxygen atoms in total. The van der Waals surface area contributed by atoms with Crippen LogP contribution in [0.1, 0.15) is 30.4 Å². The summed E-state index contributed by atoms with van der Waals surface area (Å²) in [6.07, 6.45) is 8.55. The van der Waals surface area contributed by atoms with Crippen LogP contribution in [-0.2, 0) is 28.8 Å². The van der Waals surface area contributed by atoms with Gasteiger partial charge in [0.05, 0.1) is 18.1 Å². The molecule has 6 bridgehead atoms. The van der Waals surface area contributed by atoms with Gasteiger partial charge in [-0.1, -0.05) is 11.6 Å². The van der Waals surface area contributed by atoms with E-state index in [1.165, 1.54) is 0 Å². The van der Waals surface area contributed by atoms with Gasteiger partial charge in [0, 0.05) is 37.1 Å². The normalized spacial score (nSPS) is 16.9. The number of nitrogens with one attached hydrogen (secondary N) is 3. The fourth-order valence-corrected chi connectivity index (χ4v) is 5.22. The summed E-state index contributed by atoms with van der Waals surface area (Å²) in [5.74, 6) is 1.10. The highest BCUT2D eigenvalue weighted by atomic mass is 35.5. The summed E-state index contributed by atoms with van der Waals surface area (Å²) < 4.78 is 13.2. The maximum atomic E-state index is 12.9. The monoisotopic (exact) mass is 526 g/mol. The highest BCUT2D eigenvalue weighted by molar-refractivity contribution is 7.80. The fourth-order valence-electron chi connectivity index (χ4n) is 4.51. The Bertz CT molecular complexity index is 1300. The standard InChI is InChI=1S/C24H27ClN8O2S/c25-20-14-28-24-30-19-9-16(12-27-13-19)1-2-17-11-18(29-23(20)32-24)3-4-21(17)31-22(34)10-15-5-7-33(8-6-15)36(26)35/h3-4,9,11-15H,1-2,5-8,10,26H2,(H,31,34)(H2,28,29,30,32). The second kappa shape index (κ2) is 10.9. The van der Waals surface area contributed by atoms with E-state index < -0.39 is 11.2 Å². The van der Waals surface area contributed by atoms with Crippen molar-refractivity contribution >= 4 is 57.5 Å². The average molecular weight is 527 g/mol. The van der Waals surface area contributed by atoms with E-state index in [1.54, 1.807) is 16.7 Å². The zero-order valence-corrected chi connectivity index (χ0v) is 21.1. The first-order valence-corrected chi connectivity index (χ1v) is 13.3. The lowest BCUT2D eigenvalue weighted by Gasteiger charge is -2.29. The molecule has 5 rings (SSSR count). The molecule has 1 unspecified atom stereocenters. The summed E-state index contributed by atoms with van der Waals surface area (Å²) in [6.45, 7) is 1.28. The average Bonchev–Trinajstić information content (AvgIpc) is 2.86. The first kappa shape index (κ1) is 24.6. The van der Waals surface area contributed by atoms with Gasteiger partial charge < -0.3 is 16.0 Å². The summed E-state index contributed by atoms with van der Waals surface area (Å²) in [6, 6.07) is 7.81. The predicted molar refractivity (Wildman–Crippen MR) is 142 cm³/mol. The number of nitrogens with two attached hydrogens (primary N) is 1. The van der Waals surface area contributed by atoms with E-state index in [1.807, 2.05) is 30.5 Å². The Morgan fingerprint density at radius 3 is 2.78 bits per heavy atom. The van der Waals surface area contributed by atoms with Gasteiger partial charge in [-0.25, -0.2) is 18.6 Å². The maximum absolute atomic E-state index is 12.9. The van der Waals surface area contributed by atoms with Crippen molar-refractivity contribution in [3.8, 4) is 0 Å². The molecule has 0 spiro atoms. The Balaban J connectivity index is 1.36. The Kier molecular flexibility index (Phi) is 7.42. The molecule has 5 N–H and O–H groups in total. The van der Waals surface area contributed by atoms with Crippen LogP contribution in [0.5, 0.6) is 0 Å². The number of halogens is 1. The molecular formula is C24H27ClN8O2S. The first-order chi connectivity index (χ1) is 17.4. The molecule has 1 fully saturated rings. The number of fused-ring (bicyclic) bond motifs is 6. The minimum atomic E-state index is -1.45. The van der Waals surface area contributed by atoms with Gasteiger partial charge in [-0.05, 0) is 67.0 Å². The van der Waals surface area contributed by atoms with Gasteiger partial charge in [0.1, 0.15) is 5.02 Å². The zero-order valence-electron chi connectivity index (χ0n) is 19.5. The number of hydrogen-bond donors (Lipinski definition) is 4. The van der Waals surface area contributed by atoms with Crippen LogP contribution in [0.3, 0.4) is 0 Å². The largest absolute Gasteiger partial charge is 0.339 e. The number of amides is 1. The van der Waals surface area contributed by atoms with Crippen molar-refractivity contribution in [3.63, 3.8) is 0 Å². The van der Waals surface area contributed by atoms with Crippen molar-refractivity contribution in [1.82, 2.24) is 19.3 Å². The van der Waals surface area contributed by atoms with Gasteiger partial charge in [0.15, 0.2) is 17.0 Å². The maximum Gasteiger partial charge on any atom is 0.229 e. The molecular weight excluding hydrogens is 500 g/mol. The molecule has 4 heterocycles. The van der Waals surface area contributed by atoms with E-state index in [0.29, 0.717) is 42.7 Å². The Morgan fingerprint density at radius 2 is 1.97 bits per heavy atom. The molecule has 2 aromatic heterocycles. The smallest absolute Gasteiger partial charge is 0.229 e. The minimum Gasteiger partial charge on any atom is -0.339 e. The van der Waals surface area contributed by atoms with Crippen molar-refractivity contribution in [2.45, 2.75) is 32.1 Å². The van der Waals surface area contributed by atoms with Crippen LogP contribution < -0.4 is 21.1 Å². The topological polar surface area (TPSA) is 138 Å². The summed E-state index contributed by atoms with van der Waals surface area (Å²) in [7, 11) is 0. The summed E-state index contributed by atoms with van der Waals surface area (Å²) in [4.78, 5) is 26.0. The molecule has 36 heavy (non-hydrogen) atoms. The molecule has 1 amide bonds. The quantitative estimate of drug-likeness (QED) is 0.406. The molecule has 3 aromatic rings. The number of carbonyl (C=O) groups is 1. The van der Waals surface area contributed by atoms with Crippen LogP contribution in [0.4, 0.5) is 28.8 Å². The zero-order chi connectivity index (χ0) is 25.1. The number of nitrogens with zero attached hydrogens (tertiary/aromatic N) is 4. The molecule has 2 aliphatic rings. The van der Waals surface area contributed by atoms with Crippen LogP contribution in [0.2, 0.25) is 5.02 Å². The van der Waals surface area contributed by atoms with Gasteiger partial charge in [0.25, 0.3) is 0 Å². The molecule has 0 radical (unpaired) electrons. The Hall–Kier alpha value is -3.12. The van der Waals surface area contributed by atoms with E-state index in [-0.39, 0.29) is 11.8 Å². The summed E-state index contributed by atoms with van der Waals surface area (Å²) in [5.41, 5.74) is 4.40. The van der Waals surface area contributed by atoms with Crippen molar-refractivity contribution in [2.24, 2.45) is 11.1 Å². The van der Waals surface area contributed by atoms with Gasteiger partial charge >= 0.3 is 0 Å². The van der Waals surface area contributed by atoms with Gasteiger partial charge in [-0.15, -0.1) is 0 Å². The Labute approximate surface area is 216 Å². The lowest BCUT2D eigenvalue weighted by Crippen LogP contribution is -2.38. The first-order valence-electron chi connectivity index (χ1n) is 11.8. The van der Waals surface area contributed by atoms with Gasteiger partial charge in [-0.3, -0.25) is 9.78 Å². The van der Waals surface area contributed by atoms with Crippen molar-refractivity contribution in [2.75, 3.05) is 29.0 Å². The molecule has 1 atom stereocenters. The number of pyridine rings is 1. The third-order valence-corrected chi connectivity index (χ3v) is 7.57. The number of benzene rings is 1. The van der Waals surface area contributed by atoms with E-state index in [0.717, 1.165) is 47.5 Å². The molecule has 0 aliphatic carbocycles. The number of aryl methyl sites for hydroxylation is 2. The van der Waals surface area contributed by atoms with E-state index in [2.05, 4.69) is 30.9 Å². The highest BCUT2D eigenvalue weighted by Gasteiger charge is 2.24. The van der Waals surface area contributed by atoms with E-state index >= 15 is 0 Å². The third kappa shape index (κ3) is 5.98. The van der Waals surface area contributed by atoms with Crippen LogP contribution >= 0.6 is 11.6 Å². The van der Waals surface area contributed by atoms with Crippen molar-refractivity contribution < 1.29 is 9.00 Å². The minimum absolute atomic E-state index is 0.0291. The molecule has 1 aromatic carbocycles. The molecule has 2 aliphatic heterocycles. The lowest BCUT2D eigenvalue weighted by molar-refractivity contribution is -0.117. The van der Waals surface area contributed by atoms with E-state index in [4.69, 9.17) is 16.7 Å². The molecule has 1 saturated heterocycles. The van der Waals surface area contributed by atoms with Crippen molar-refractivity contribution in [3.05, 3.63) is 59.0 Å². The molecule has 0 saturated carbocycles. The van der Waals surface area contributed by atoms with Crippen molar-refractivity contribution in [1.29, 1.82) is 0 Å². The second-order valence-electron chi connectivity index (χ2n) is 8.99. The van der Waals surface area contributed by atoms with Gasteiger partial charge in [-0.2, -0.15) is 4.98 Å². The van der Waals surface area contributed by atoms with Crippen LogP contribution in [0, 0.1) is 5.92 Å². The number of piperidine rings is 1. The van der Waals surface area contributed by atoms with Gasteiger partial charge in [0.2, 0.25) is 11.9 Å². The van der Waals surface area contributed by atoms with Crippen LogP contribution in [0.15, 0.2) is 42.9 Å². The fraction of sp³-hybridized carbons (Fsp3) is 0.333. The number of rotatable bonds is 4. The van der Waals surface area contributed by atoms with E-state index in [9.17, 15) is 9.00 Å². The number of carbonyl (C=O) groups excluding carboxylic acids is 1. The number of hydrogen-bond acceptors (Lipinski definition) is 7. The Morgan fingerprint density at radius 1 is 1.14 bits per heavy atom. The third-order valence-electron chi connectivity index (χ3n) is 6.42. The number of aromatic nitrogens is 3. The predicted octanol–water partition coefficient (Wildman–Crippen LogP) is 3.69. The molecule has 188 valence electrons. The summed E-state index contributed by atoms with van der Waals surface area (Å²) >= 11 is 4.89. The van der Waals surface area contributed by atoms with Crippen LogP contribution in [-0.4, -0.2) is 42.5 Å². The summed E-state index contributed by atoms with van der Waals surface area (Å²) in [5, 5.41) is 15.4. The van der Waals surface area contributed by atoms with Crippen LogP contribution in [0.25, 0.3) is 0 Å². The number of anilines is 5. The lowest BCUT2D eigenvalue weighted by atomic mass is 9.94. The second-order valence-corrected chi connectivity index (χ2v) is 10.5. The molecule has 12 heteroatoms. The SMILES string of the molecule is NS(=O)N1CCC(CC(=O)Nc2ccc3cc2CCc2cncc(c2)Nc2ncc(Cl)c(n2)N3)CC1. The highest BCUT2D eigenvalue weighted by Crippen LogP contribution is 2.30.